The third-order valence-electron chi connectivity index (χ3n) is 4.45. The molecule has 1 N–H and O–H groups in total. The predicted octanol–water partition coefficient (Wildman–Crippen LogP) is 3.04. The number of hydrogen-bond acceptors (Lipinski definition) is 3. The molecule has 22 heavy (non-hydrogen) atoms. The van der Waals surface area contributed by atoms with E-state index in [1.165, 1.54) is 5.56 Å². The molecular weight excluding hydrogens is 323 g/mol. The van der Waals surface area contributed by atoms with Crippen LogP contribution in [0.3, 0.4) is 0 Å². The number of halogens is 2. The number of benzene rings is 1. The third-order valence-corrected chi connectivity index (χ3v) is 5.56. The first-order chi connectivity index (χ1) is 10.4. The zero-order chi connectivity index (χ0) is 15.8. The van der Waals surface area contributed by atoms with E-state index in [0.717, 1.165) is 38.5 Å². The molecular formula is C16H20Cl2N2O2. The average molecular weight is 343 g/mol. The summed E-state index contributed by atoms with van der Waals surface area (Å²) in [6, 6.07) is 7.91. The van der Waals surface area contributed by atoms with Crippen LogP contribution in [-0.2, 0) is 16.1 Å². The summed E-state index contributed by atoms with van der Waals surface area (Å²) >= 11 is 12.1. The van der Waals surface area contributed by atoms with Crippen LogP contribution in [0.4, 0.5) is 5.69 Å². The molecule has 1 saturated carbocycles. The van der Waals surface area contributed by atoms with Crippen LogP contribution in [-0.4, -0.2) is 41.4 Å². The topological polar surface area (TPSA) is 41.6 Å². The summed E-state index contributed by atoms with van der Waals surface area (Å²) in [7, 11) is 0. The van der Waals surface area contributed by atoms with Crippen molar-refractivity contribution in [1.29, 1.82) is 0 Å². The Morgan fingerprint density at radius 2 is 2.05 bits per heavy atom. The molecule has 1 unspecified atom stereocenters. The molecule has 1 amide bonds. The van der Waals surface area contributed by atoms with Crippen LogP contribution in [0.5, 0.6) is 0 Å². The number of nitrogens with one attached hydrogen (secondary N) is 1. The second kappa shape index (κ2) is 6.00. The molecule has 0 aromatic heterocycles. The third kappa shape index (κ3) is 3.25. The van der Waals surface area contributed by atoms with Crippen molar-refractivity contribution in [2.45, 2.75) is 24.2 Å². The minimum absolute atomic E-state index is 0.124. The predicted molar refractivity (Wildman–Crippen MR) is 88.3 cm³/mol. The number of hydrogen-bond donors (Lipinski definition) is 1. The van der Waals surface area contributed by atoms with Crippen molar-refractivity contribution in [3.05, 3.63) is 29.8 Å². The molecule has 0 bridgehead atoms. The van der Waals surface area contributed by atoms with Crippen molar-refractivity contribution in [3.63, 3.8) is 0 Å². The Balaban J connectivity index is 1.63. The Morgan fingerprint density at radius 1 is 1.36 bits per heavy atom. The summed E-state index contributed by atoms with van der Waals surface area (Å²) < 4.78 is 4.41. The van der Waals surface area contributed by atoms with Gasteiger partial charge in [0.2, 0.25) is 5.91 Å². The molecule has 1 saturated heterocycles. The normalized spacial score (nSPS) is 27.4. The number of amides is 1. The molecule has 1 aliphatic carbocycles. The number of alkyl halides is 2. The van der Waals surface area contributed by atoms with Gasteiger partial charge in [-0.1, -0.05) is 12.1 Å². The molecule has 3 rings (SSSR count). The molecule has 1 aromatic rings. The lowest BCUT2D eigenvalue weighted by molar-refractivity contribution is -0.120. The SMILES string of the molecule is CC1(C(=O)Nc2cccc(CN3CCOCC3)c2)CC1(Cl)Cl. The summed E-state index contributed by atoms with van der Waals surface area (Å²) in [5.74, 6) is -0.124. The van der Waals surface area contributed by atoms with E-state index in [9.17, 15) is 4.79 Å². The van der Waals surface area contributed by atoms with E-state index >= 15 is 0 Å². The van der Waals surface area contributed by atoms with Crippen LogP contribution >= 0.6 is 23.2 Å². The van der Waals surface area contributed by atoms with Gasteiger partial charge < -0.3 is 10.1 Å². The maximum absolute atomic E-state index is 12.3. The zero-order valence-electron chi connectivity index (χ0n) is 12.6. The molecule has 1 aromatic carbocycles. The zero-order valence-corrected chi connectivity index (χ0v) is 14.1. The van der Waals surface area contributed by atoms with Gasteiger partial charge in [-0.3, -0.25) is 9.69 Å². The van der Waals surface area contributed by atoms with Gasteiger partial charge in [-0.2, -0.15) is 0 Å². The Bertz CT molecular complexity index is 573. The minimum Gasteiger partial charge on any atom is -0.379 e. The Kier molecular flexibility index (Phi) is 4.38. The lowest BCUT2D eigenvalue weighted by Crippen LogP contribution is -2.35. The van der Waals surface area contributed by atoms with Crippen molar-refractivity contribution in [3.8, 4) is 0 Å². The lowest BCUT2D eigenvalue weighted by atomic mass is 10.1. The fourth-order valence-corrected chi connectivity index (χ4v) is 3.39. The summed E-state index contributed by atoms with van der Waals surface area (Å²) in [5, 5.41) is 2.93. The Morgan fingerprint density at radius 3 is 2.68 bits per heavy atom. The second-order valence-electron chi connectivity index (χ2n) is 6.26. The van der Waals surface area contributed by atoms with Crippen LogP contribution in [0.25, 0.3) is 0 Å². The smallest absolute Gasteiger partial charge is 0.233 e. The van der Waals surface area contributed by atoms with Crippen molar-refractivity contribution < 1.29 is 9.53 Å². The van der Waals surface area contributed by atoms with Crippen LogP contribution in [0, 0.1) is 5.41 Å². The Hall–Kier alpha value is -0.810. The molecule has 6 heteroatoms. The molecule has 120 valence electrons. The minimum atomic E-state index is -0.942. The van der Waals surface area contributed by atoms with Crippen LogP contribution < -0.4 is 5.32 Å². The van der Waals surface area contributed by atoms with Gasteiger partial charge >= 0.3 is 0 Å². The van der Waals surface area contributed by atoms with E-state index in [1.807, 2.05) is 18.2 Å². The summed E-state index contributed by atoms with van der Waals surface area (Å²) in [6.45, 7) is 6.09. The van der Waals surface area contributed by atoms with Gasteiger partial charge in [0, 0.05) is 25.3 Å². The number of nitrogens with zero attached hydrogens (tertiary/aromatic N) is 1. The first-order valence-electron chi connectivity index (χ1n) is 7.49. The van der Waals surface area contributed by atoms with E-state index in [0.29, 0.717) is 6.42 Å². The van der Waals surface area contributed by atoms with E-state index in [1.54, 1.807) is 6.92 Å². The van der Waals surface area contributed by atoms with Crippen molar-refractivity contribution in [2.24, 2.45) is 5.41 Å². The average Bonchev–Trinajstić information content (AvgIpc) is 3.00. The number of carbonyl (C=O) groups is 1. The van der Waals surface area contributed by atoms with Crippen LogP contribution in [0.2, 0.25) is 0 Å². The quantitative estimate of drug-likeness (QED) is 0.855. The number of ether oxygens (including phenoxy) is 1. The van der Waals surface area contributed by atoms with E-state index < -0.39 is 9.75 Å². The van der Waals surface area contributed by atoms with Crippen LogP contribution in [0.1, 0.15) is 18.9 Å². The molecule has 2 aliphatic rings. The van der Waals surface area contributed by atoms with Crippen molar-refractivity contribution >= 4 is 34.8 Å². The monoisotopic (exact) mass is 342 g/mol. The highest BCUT2D eigenvalue weighted by molar-refractivity contribution is 6.53. The lowest BCUT2D eigenvalue weighted by Gasteiger charge is -2.26. The highest BCUT2D eigenvalue weighted by Crippen LogP contribution is 2.64. The number of rotatable bonds is 4. The standard InChI is InChI=1S/C16H20Cl2N2O2/c1-15(11-16(15,17)18)14(21)19-13-4-2-3-12(9-13)10-20-5-7-22-8-6-20/h2-4,9H,5-8,10-11H2,1H3,(H,19,21). The van der Waals surface area contributed by atoms with Crippen molar-refractivity contribution in [1.82, 2.24) is 4.90 Å². The summed E-state index contributed by atoms with van der Waals surface area (Å²) in [4.78, 5) is 14.6. The van der Waals surface area contributed by atoms with Crippen LogP contribution in [0.15, 0.2) is 24.3 Å². The van der Waals surface area contributed by atoms with Crippen molar-refractivity contribution in [2.75, 3.05) is 31.6 Å². The summed E-state index contributed by atoms with van der Waals surface area (Å²) in [5.41, 5.74) is 1.26. The van der Waals surface area contributed by atoms with Gasteiger partial charge in [0.1, 0.15) is 4.33 Å². The van der Waals surface area contributed by atoms with E-state index in [2.05, 4.69) is 16.3 Å². The largest absolute Gasteiger partial charge is 0.379 e. The van der Waals surface area contributed by atoms with E-state index in [-0.39, 0.29) is 5.91 Å². The summed E-state index contributed by atoms with van der Waals surface area (Å²) in [6.07, 6.45) is 0.489. The highest BCUT2D eigenvalue weighted by atomic mass is 35.5. The molecule has 0 spiro atoms. The molecule has 1 atom stereocenters. The number of carbonyl (C=O) groups excluding carboxylic acids is 1. The second-order valence-corrected chi connectivity index (χ2v) is 7.74. The molecule has 4 nitrogen and oxygen atoms in total. The first kappa shape index (κ1) is 16.1. The molecule has 0 radical (unpaired) electrons. The molecule has 1 heterocycles. The van der Waals surface area contributed by atoms with Gasteiger partial charge in [-0.05, 0) is 31.0 Å². The van der Waals surface area contributed by atoms with Gasteiger partial charge in [0.15, 0.2) is 0 Å². The number of morpholine rings is 1. The Labute approximate surface area is 140 Å². The maximum Gasteiger partial charge on any atom is 0.233 e. The first-order valence-corrected chi connectivity index (χ1v) is 8.25. The van der Waals surface area contributed by atoms with E-state index in [4.69, 9.17) is 27.9 Å². The van der Waals surface area contributed by atoms with Gasteiger partial charge in [0.05, 0.1) is 18.6 Å². The fraction of sp³-hybridized carbons (Fsp3) is 0.562. The number of anilines is 1. The van der Waals surface area contributed by atoms with Gasteiger partial charge in [-0.25, -0.2) is 0 Å². The molecule has 1 aliphatic heterocycles. The highest BCUT2D eigenvalue weighted by Gasteiger charge is 2.67. The van der Waals surface area contributed by atoms with Gasteiger partial charge in [-0.15, -0.1) is 23.2 Å². The fourth-order valence-electron chi connectivity index (χ4n) is 2.68. The molecule has 2 fully saturated rings. The van der Waals surface area contributed by atoms with Gasteiger partial charge in [0.25, 0.3) is 0 Å². The maximum atomic E-state index is 12.3.